The largest absolute Gasteiger partial charge is 0.345 e. The second kappa shape index (κ2) is 8.32. The van der Waals surface area contributed by atoms with Crippen molar-refractivity contribution >= 4 is 38.1 Å². The summed E-state index contributed by atoms with van der Waals surface area (Å²) < 4.78 is 40.9. The molecule has 3 aromatic rings. The Hall–Kier alpha value is -2.51. The van der Waals surface area contributed by atoms with Crippen molar-refractivity contribution in [2.24, 2.45) is 0 Å². The minimum Gasteiger partial charge on any atom is -0.345 e. The van der Waals surface area contributed by atoms with Gasteiger partial charge in [-0.25, -0.2) is 17.8 Å². The lowest BCUT2D eigenvalue weighted by molar-refractivity contribution is 0.384. The van der Waals surface area contributed by atoms with Gasteiger partial charge in [-0.05, 0) is 30.3 Å². The molecule has 2 heterocycles. The monoisotopic (exact) mass is 462 g/mol. The Balaban J connectivity index is 1.49. The molecule has 0 radical (unpaired) electrons. The highest BCUT2D eigenvalue weighted by atomic mass is 35.5. The lowest BCUT2D eigenvalue weighted by atomic mass is 10.2. The van der Waals surface area contributed by atoms with Gasteiger partial charge in [0.15, 0.2) is 5.13 Å². The van der Waals surface area contributed by atoms with Crippen molar-refractivity contribution in [3.05, 3.63) is 64.2 Å². The Labute approximate surface area is 182 Å². The lowest BCUT2D eigenvalue weighted by Gasteiger charge is -2.33. The molecule has 30 heavy (non-hydrogen) atoms. The van der Waals surface area contributed by atoms with E-state index >= 15 is 0 Å². The Morgan fingerprint density at radius 3 is 2.57 bits per heavy atom. The number of piperazine rings is 1. The Bertz CT molecular complexity index is 1210. The maximum absolute atomic E-state index is 13.6. The van der Waals surface area contributed by atoms with Crippen LogP contribution in [-0.2, 0) is 10.0 Å². The van der Waals surface area contributed by atoms with E-state index in [0.717, 1.165) is 5.13 Å². The third-order valence-corrected chi connectivity index (χ3v) is 7.86. The summed E-state index contributed by atoms with van der Waals surface area (Å²) in [5.41, 5.74) is 1.35. The van der Waals surface area contributed by atoms with Gasteiger partial charge in [-0.3, -0.25) is 0 Å². The predicted octanol–water partition coefficient (Wildman–Crippen LogP) is 3.99. The van der Waals surface area contributed by atoms with Crippen LogP contribution in [0.2, 0.25) is 5.02 Å². The SMILES string of the molecule is N#Cc1ccccc1S(=O)(=O)N1CCN(c2nc(-c3cc(F)cc(Cl)c3)cs2)CC1. The molecule has 4 rings (SSSR count). The van der Waals surface area contributed by atoms with Gasteiger partial charge < -0.3 is 4.90 Å². The summed E-state index contributed by atoms with van der Waals surface area (Å²) in [6.07, 6.45) is 0. The van der Waals surface area contributed by atoms with Crippen LogP contribution in [0.4, 0.5) is 9.52 Å². The van der Waals surface area contributed by atoms with E-state index in [2.05, 4.69) is 4.98 Å². The molecule has 1 aliphatic heterocycles. The quantitative estimate of drug-likeness (QED) is 0.586. The van der Waals surface area contributed by atoms with Crippen LogP contribution in [0.5, 0.6) is 0 Å². The van der Waals surface area contributed by atoms with Crippen LogP contribution in [-0.4, -0.2) is 43.9 Å². The predicted molar refractivity (Wildman–Crippen MR) is 115 cm³/mol. The van der Waals surface area contributed by atoms with E-state index in [1.54, 1.807) is 18.2 Å². The molecule has 6 nitrogen and oxygen atoms in total. The zero-order chi connectivity index (χ0) is 21.3. The fourth-order valence-electron chi connectivity index (χ4n) is 3.29. The minimum absolute atomic E-state index is 0.0282. The number of hydrogen-bond acceptors (Lipinski definition) is 6. The molecule has 0 atom stereocenters. The van der Waals surface area contributed by atoms with Crippen molar-refractivity contribution in [2.45, 2.75) is 4.90 Å². The summed E-state index contributed by atoms with van der Waals surface area (Å²) in [4.78, 5) is 6.59. The summed E-state index contributed by atoms with van der Waals surface area (Å²) in [7, 11) is -3.75. The summed E-state index contributed by atoms with van der Waals surface area (Å²) >= 11 is 7.34. The van der Waals surface area contributed by atoms with Gasteiger partial charge in [0.05, 0.1) is 16.2 Å². The van der Waals surface area contributed by atoms with Gasteiger partial charge in [0.1, 0.15) is 11.9 Å². The normalized spacial score (nSPS) is 15.2. The highest BCUT2D eigenvalue weighted by Crippen LogP contribution is 2.31. The van der Waals surface area contributed by atoms with Gasteiger partial charge in [0.2, 0.25) is 10.0 Å². The second-order valence-electron chi connectivity index (χ2n) is 6.67. The van der Waals surface area contributed by atoms with Crippen molar-refractivity contribution in [1.29, 1.82) is 5.26 Å². The van der Waals surface area contributed by atoms with Crippen molar-refractivity contribution < 1.29 is 12.8 Å². The first-order valence-corrected chi connectivity index (χ1v) is 11.7. The first kappa shape index (κ1) is 20.8. The maximum Gasteiger partial charge on any atom is 0.244 e. The summed E-state index contributed by atoms with van der Waals surface area (Å²) in [6, 6.07) is 12.4. The summed E-state index contributed by atoms with van der Waals surface area (Å²) in [5, 5.41) is 12.1. The van der Waals surface area contributed by atoms with Crippen LogP contribution >= 0.6 is 22.9 Å². The number of benzene rings is 2. The van der Waals surface area contributed by atoms with Crippen LogP contribution in [0.1, 0.15) is 5.56 Å². The molecule has 0 unspecified atom stereocenters. The number of anilines is 1. The van der Waals surface area contributed by atoms with Crippen molar-refractivity contribution in [1.82, 2.24) is 9.29 Å². The smallest absolute Gasteiger partial charge is 0.244 e. The van der Waals surface area contributed by atoms with Crippen LogP contribution in [0, 0.1) is 17.1 Å². The van der Waals surface area contributed by atoms with E-state index in [4.69, 9.17) is 11.6 Å². The van der Waals surface area contributed by atoms with E-state index in [0.29, 0.717) is 29.4 Å². The molecule has 0 amide bonds. The number of nitrogens with zero attached hydrogens (tertiary/aromatic N) is 4. The Morgan fingerprint density at radius 1 is 1.13 bits per heavy atom. The molecule has 10 heteroatoms. The molecule has 154 valence electrons. The maximum atomic E-state index is 13.6. The third-order valence-electron chi connectivity index (χ3n) is 4.78. The number of halogens is 2. The van der Waals surface area contributed by atoms with E-state index in [-0.39, 0.29) is 23.5 Å². The average Bonchev–Trinajstić information content (AvgIpc) is 3.23. The number of aromatic nitrogens is 1. The fourth-order valence-corrected chi connectivity index (χ4v) is 5.96. The van der Waals surface area contributed by atoms with Gasteiger partial charge in [-0.1, -0.05) is 23.7 Å². The van der Waals surface area contributed by atoms with Gasteiger partial charge in [0, 0.05) is 42.1 Å². The zero-order valence-electron chi connectivity index (χ0n) is 15.6. The molecule has 1 fully saturated rings. The van der Waals surface area contributed by atoms with E-state index < -0.39 is 15.8 Å². The molecule has 1 aliphatic rings. The number of nitriles is 1. The standard InChI is InChI=1S/C20H16ClFN4O2S2/c21-16-9-15(10-17(22)11-16)18-13-29-20(24-18)25-5-7-26(8-6-25)30(27,28)19-4-2-1-3-14(19)12-23/h1-4,9-11,13H,5-8H2. The first-order chi connectivity index (χ1) is 14.4. The average molecular weight is 463 g/mol. The summed E-state index contributed by atoms with van der Waals surface area (Å²) in [6.45, 7) is 1.49. The number of rotatable bonds is 4. The molecule has 2 aromatic carbocycles. The van der Waals surface area contributed by atoms with Crippen molar-refractivity contribution in [3.8, 4) is 17.3 Å². The molecule has 0 bridgehead atoms. The van der Waals surface area contributed by atoms with E-state index in [1.807, 2.05) is 16.3 Å². The third kappa shape index (κ3) is 4.04. The zero-order valence-corrected chi connectivity index (χ0v) is 18.0. The first-order valence-electron chi connectivity index (χ1n) is 9.05. The van der Waals surface area contributed by atoms with Crippen LogP contribution in [0.3, 0.4) is 0 Å². The van der Waals surface area contributed by atoms with Gasteiger partial charge >= 0.3 is 0 Å². The van der Waals surface area contributed by atoms with E-state index in [9.17, 15) is 18.1 Å². The molecular weight excluding hydrogens is 447 g/mol. The summed E-state index contributed by atoms with van der Waals surface area (Å²) in [5.74, 6) is -0.427. The topological polar surface area (TPSA) is 77.3 Å². The highest BCUT2D eigenvalue weighted by Gasteiger charge is 2.31. The molecule has 1 aromatic heterocycles. The number of thiazole rings is 1. The second-order valence-corrected chi connectivity index (χ2v) is 9.85. The molecule has 0 spiro atoms. The van der Waals surface area contributed by atoms with Gasteiger partial charge in [0.25, 0.3) is 0 Å². The Morgan fingerprint density at radius 2 is 1.87 bits per heavy atom. The molecule has 0 aliphatic carbocycles. The lowest BCUT2D eigenvalue weighted by Crippen LogP contribution is -2.48. The van der Waals surface area contributed by atoms with Crippen LogP contribution in [0.25, 0.3) is 11.3 Å². The minimum atomic E-state index is -3.75. The molecular formula is C20H16ClFN4O2S2. The van der Waals surface area contributed by atoms with E-state index in [1.165, 1.54) is 39.9 Å². The molecule has 0 N–H and O–H groups in total. The van der Waals surface area contributed by atoms with Crippen LogP contribution < -0.4 is 4.90 Å². The number of hydrogen-bond donors (Lipinski definition) is 0. The van der Waals surface area contributed by atoms with Crippen molar-refractivity contribution in [2.75, 3.05) is 31.1 Å². The molecule has 0 saturated carbocycles. The highest BCUT2D eigenvalue weighted by molar-refractivity contribution is 7.89. The van der Waals surface area contributed by atoms with Crippen molar-refractivity contribution in [3.63, 3.8) is 0 Å². The van der Waals surface area contributed by atoms with Gasteiger partial charge in [-0.15, -0.1) is 11.3 Å². The van der Waals surface area contributed by atoms with Crippen LogP contribution in [0.15, 0.2) is 52.7 Å². The van der Waals surface area contributed by atoms with Gasteiger partial charge in [-0.2, -0.15) is 9.57 Å². The number of sulfonamides is 1. The Kier molecular flexibility index (Phi) is 5.75. The fraction of sp³-hybridized carbons (Fsp3) is 0.200. The molecule has 1 saturated heterocycles.